The van der Waals surface area contributed by atoms with Crippen molar-refractivity contribution in [1.82, 2.24) is 20.1 Å². The van der Waals surface area contributed by atoms with E-state index in [1.807, 2.05) is 73.0 Å². The summed E-state index contributed by atoms with van der Waals surface area (Å²) in [6.45, 7) is 8.77. The highest BCUT2D eigenvalue weighted by Gasteiger charge is 2.18. The second-order valence-corrected chi connectivity index (χ2v) is 8.27. The molecule has 0 radical (unpaired) electrons. The monoisotopic (exact) mass is 424 g/mol. The number of ether oxygens (including phenoxy) is 1. The molecule has 0 fully saturated rings. The van der Waals surface area contributed by atoms with Crippen molar-refractivity contribution in [2.24, 2.45) is 5.92 Å². The van der Waals surface area contributed by atoms with Crippen molar-refractivity contribution in [1.29, 1.82) is 0 Å². The van der Waals surface area contributed by atoms with Crippen LogP contribution in [0.3, 0.4) is 0 Å². The summed E-state index contributed by atoms with van der Waals surface area (Å²) in [5.41, 5.74) is 1.88. The maximum Gasteiger partial charge on any atom is 0.230 e. The molecule has 0 bridgehead atoms. The van der Waals surface area contributed by atoms with Crippen LogP contribution in [0.1, 0.15) is 27.7 Å². The minimum Gasteiger partial charge on any atom is -0.494 e. The number of benzene rings is 2. The van der Waals surface area contributed by atoms with Gasteiger partial charge < -0.3 is 10.1 Å². The van der Waals surface area contributed by atoms with Gasteiger partial charge in [-0.1, -0.05) is 55.9 Å². The lowest BCUT2D eigenvalue weighted by molar-refractivity contribution is -0.119. The predicted octanol–water partition coefficient (Wildman–Crippen LogP) is 4.59. The number of carbonyl (C=O) groups is 1. The summed E-state index contributed by atoms with van der Waals surface area (Å²) in [4.78, 5) is 12.4. The fourth-order valence-electron chi connectivity index (χ4n) is 2.82. The minimum atomic E-state index is -0.0105. The lowest BCUT2D eigenvalue weighted by atomic mass is 10.1. The Morgan fingerprint density at radius 1 is 1.07 bits per heavy atom. The van der Waals surface area contributed by atoms with Crippen LogP contribution in [0, 0.1) is 5.92 Å². The first-order chi connectivity index (χ1) is 14.5. The molecular formula is C23H28N4O2S. The lowest BCUT2D eigenvalue weighted by Gasteiger charge is -2.17. The zero-order chi connectivity index (χ0) is 21.5. The Morgan fingerprint density at radius 3 is 2.40 bits per heavy atom. The Hall–Kier alpha value is -2.80. The summed E-state index contributed by atoms with van der Waals surface area (Å²) in [7, 11) is 0. The van der Waals surface area contributed by atoms with Gasteiger partial charge in [-0.3, -0.25) is 9.36 Å². The molecule has 0 aliphatic heterocycles. The molecule has 6 nitrogen and oxygen atoms in total. The van der Waals surface area contributed by atoms with E-state index in [2.05, 4.69) is 29.4 Å². The van der Waals surface area contributed by atoms with Gasteiger partial charge in [0.05, 0.1) is 12.4 Å². The van der Waals surface area contributed by atoms with E-state index in [-0.39, 0.29) is 17.7 Å². The molecule has 0 aliphatic rings. The van der Waals surface area contributed by atoms with Crippen molar-refractivity contribution in [2.75, 3.05) is 12.4 Å². The standard InChI is InChI=1S/C23H28N4O2S/c1-5-29-20-13-11-19(12-14-20)27-22(18-9-7-6-8-10-18)25-26-23(27)30-15-21(28)24-17(4)16(2)3/h6-14,16-17H,5,15H2,1-4H3,(H,24,28). The van der Waals surface area contributed by atoms with Gasteiger partial charge in [-0.25, -0.2) is 0 Å². The maximum atomic E-state index is 12.4. The lowest BCUT2D eigenvalue weighted by Crippen LogP contribution is -2.37. The molecule has 2 aromatic carbocycles. The van der Waals surface area contributed by atoms with Crippen LogP contribution in [0.5, 0.6) is 5.75 Å². The van der Waals surface area contributed by atoms with Gasteiger partial charge >= 0.3 is 0 Å². The average Bonchev–Trinajstić information content (AvgIpc) is 3.17. The van der Waals surface area contributed by atoms with Crippen molar-refractivity contribution in [3.05, 3.63) is 54.6 Å². The second-order valence-electron chi connectivity index (χ2n) is 7.32. The molecule has 158 valence electrons. The fourth-order valence-corrected chi connectivity index (χ4v) is 3.58. The summed E-state index contributed by atoms with van der Waals surface area (Å²) >= 11 is 1.38. The van der Waals surface area contributed by atoms with Crippen LogP contribution in [0.2, 0.25) is 0 Å². The Labute approximate surface area is 182 Å². The van der Waals surface area contributed by atoms with E-state index in [9.17, 15) is 4.79 Å². The molecule has 0 saturated carbocycles. The van der Waals surface area contributed by atoms with Gasteiger partial charge in [0.1, 0.15) is 5.75 Å². The SMILES string of the molecule is CCOc1ccc(-n2c(SCC(=O)NC(C)C(C)C)nnc2-c2ccccc2)cc1. The van der Waals surface area contributed by atoms with E-state index in [1.54, 1.807) is 0 Å². The minimum absolute atomic E-state index is 0.0105. The summed E-state index contributed by atoms with van der Waals surface area (Å²) in [6.07, 6.45) is 0. The molecule has 0 aliphatic carbocycles. The highest BCUT2D eigenvalue weighted by Crippen LogP contribution is 2.28. The molecule has 1 N–H and O–H groups in total. The van der Waals surface area contributed by atoms with Crippen molar-refractivity contribution < 1.29 is 9.53 Å². The van der Waals surface area contributed by atoms with E-state index >= 15 is 0 Å². The van der Waals surface area contributed by atoms with Gasteiger partial charge in [-0.05, 0) is 44.0 Å². The maximum absolute atomic E-state index is 12.4. The van der Waals surface area contributed by atoms with Gasteiger partial charge in [0.25, 0.3) is 0 Å². The van der Waals surface area contributed by atoms with E-state index in [1.165, 1.54) is 11.8 Å². The number of nitrogens with one attached hydrogen (secondary N) is 1. The Morgan fingerprint density at radius 2 is 1.77 bits per heavy atom. The first-order valence-corrected chi connectivity index (χ1v) is 11.1. The van der Waals surface area contributed by atoms with Crippen molar-refractivity contribution in [3.8, 4) is 22.8 Å². The molecule has 30 heavy (non-hydrogen) atoms. The molecular weight excluding hydrogens is 396 g/mol. The van der Waals surface area contributed by atoms with Gasteiger partial charge in [-0.2, -0.15) is 0 Å². The van der Waals surface area contributed by atoms with Crippen molar-refractivity contribution in [3.63, 3.8) is 0 Å². The molecule has 1 heterocycles. The number of hydrogen-bond acceptors (Lipinski definition) is 5. The Bertz CT molecular complexity index is 955. The normalized spacial score (nSPS) is 12.0. The summed E-state index contributed by atoms with van der Waals surface area (Å²) in [5, 5.41) is 12.5. The molecule has 0 spiro atoms. The number of hydrogen-bond donors (Lipinski definition) is 1. The number of carbonyl (C=O) groups excluding carboxylic acids is 1. The molecule has 1 aromatic heterocycles. The largest absolute Gasteiger partial charge is 0.494 e. The third kappa shape index (κ3) is 5.42. The number of amides is 1. The van der Waals surface area contributed by atoms with E-state index in [4.69, 9.17) is 4.74 Å². The van der Waals surface area contributed by atoms with Crippen LogP contribution in [-0.2, 0) is 4.79 Å². The fraction of sp³-hybridized carbons (Fsp3) is 0.348. The van der Waals surface area contributed by atoms with E-state index < -0.39 is 0 Å². The van der Waals surface area contributed by atoms with Crippen LogP contribution < -0.4 is 10.1 Å². The highest BCUT2D eigenvalue weighted by atomic mass is 32.2. The molecule has 1 amide bonds. The Balaban J connectivity index is 1.88. The summed E-state index contributed by atoms with van der Waals surface area (Å²) < 4.78 is 7.54. The molecule has 3 rings (SSSR count). The van der Waals surface area contributed by atoms with E-state index in [0.717, 1.165) is 22.8 Å². The van der Waals surface area contributed by atoms with Crippen LogP contribution in [0.15, 0.2) is 59.8 Å². The third-order valence-corrected chi connectivity index (χ3v) is 5.72. The molecule has 1 atom stereocenters. The van der Waals surface area contributed by atoms with Crippen molar-refractivity contribution in [2.45, 2.75) is 38.9 Å². The number of rotatable bonds is 9. The van der Waals surface area contributed by atoms with Crippen molar-refractivity contribution >= 4 is 17.7 Å². The zero-order valence-electron chi connectivity index (χ0n) is 17.8. The molecule has 1 unspecified atom stereocenters. The summed E-state index contributed by atoms with van der Waals surface area (Å²) in [6, 6.07) is 17.9. The van der Waals surface area contributed by atoms with Crippen LogP contribution in [0.25, 0.3) is 17.1 Å². The average molecular weight is 425 g/mol. The first kappa shape index (κ1) is 21.9. The van der Waals surface area contributed by atoms with Gasteiger partial charge in [0, 0.05) is 17.3 Å². The number of nitrogens with zero attached hydrogens (tertiary/aromatic N) is 3. The van der Waals surface area contributed by atoms with Gasteiger partial charge in [0.2, 0.25) is 5.91 Å². The first-order valence-electron chi connectivity index (χ1n) is 10.2. The molecule has 7 heteroatoms. The quantitative estimate of drug-likeness (QED) is 0.509. The second kappa shape index (κ2) is 10.3. The van der Waals surface area contributed by atoms with Gasteiger partial charge in [0.15, 0.2) is 11.0 Å². The van der Waals surface area contributed by atoms with Gasteiger partial charge in [-0.15, -0.1) is 10.2 Å². The number of aromatic nitrogens is 3. The topological polar surface area (TPSA) is 69.0 Å². The molecule has 3 aromatic rings. The molecule has 0 saturated heterocycles. The van der Waals surface area contributed by atoms with Crippen LogP contribution in [0.4, 0.5) is 0 Å². The highest BCUT2D eigenvalue weighted by molar-refractivity contribution is 7.99. The summed E-state index contributed by atoms with van der Waals surface area (Å²) in [5.74, 6) is 2.20. The smallest absolute Gasteiger partial charge is 0.230 e. The third-order valence-electron chi connectivity index (χ3n) is 4.79. The Kier molecular flexibility index (Phi) is 7.52. The predicted molar refractivity (Wildman–Crippen MR) is 121 cm³/mol. The zero-order valence-corrected chi connectivity index (χ0v) is 18.6. The van der Waals surface area contributed by atoms with Crippen LogP contribution >= 0.6 is 11.8 Å². The van der Waals surface area contributed by atoms with E-state index in [0.29, 0.717) is 17.7 Å². The number of thioether (sulfide) groups is 1. The van der Waals surface area contributed by atoms with Crippen LogP contribution in [-0.4, -0.2) is 39.1 Å².